The van der Waals surface area contributed by atoms with E-state index < -0.39 is 0 Å². The maximum absolute atomic E-state index is 9.89. The van der Waals surface area contributed by atoms with Crippen LogP contribution in [0.25, 0.3) is 11.3 Å². The normalized spacial score (nSPS) is 21.9. The molecule has 4 rings (SSSR count). The number of rotatable bonds is 10. The molecule has 0 unspecified atom stereocenters. The van der Waals surface area contributed by atoms with Crippen molar-refractivity contribution in [2.75, 3.05) is 43.4 Å². The van der Waals surface area contributed by atoms with Crippen LogP contribution in [0.4, 0.5) is 11.8 Å². The Hall–Kier alpha value is -2.29. The molecule has 2 fully saturated rings. The van der Waals surface area contributed by atoms with E-state index >= 15 is 0 Å². The fourth-order valence-corrected chi connectivity index (χ4v) is 4.93. The molecule has 8 nitrogen and oxygen atoms in total. The molecule has 192 valence electrons. The molecule has 35 heavy (non-hydrogen) atoms. The summed E-state index contributed by atoms with van der Waals surface area (Å²) in [6.07, 6.45) is 9.47. The average molecular weight is 482 g/mol. The highest BCUT2D eigenvalue weighted by atomic mass is 16.3. The van der Waals surface area contributed by atoms with Gasteiger partial charge in [-0.25, -0.2) is 4.98 Å². The van der Waals surface area contributed by atoms with E-state index in [2.05, 4.69) is 58.3 Å². The minimum absolute atomic E-state index is 0.174. The summed E-state index contributed by atoms with van der Waals surface area (Å²) in [4.78, 5) is 19.3. The Morgan fingerprint density at radius 2 is 1.80 bits per heavy atom. The third-order valence-corrected chi connectivity index (χ3v) is 7.28. The summed E-state index contributed by atoms with van der Waals surface area (Å²) in [5, 5.41) is 16.9. The highest BCUT2D eigenvalue weighted by molar-refractivity contribution is 5.73. The molecule has 0 amide bonds. The molecule has 1 saturated heterocycles. The molecule has 2 aliphatic rings. The Kier molecular flexibility index (Phi) is 9.29. The van der Waals surface area contributed by atoms with Crippen molar-refractivity contribution >= 4 is 11.8 Å². The van der Waals surface area contributed by atoms with Crippen molar-refractivity contribution in [3.05, 3.63) is 30.1 Å². The first-order chi connectivity index (χ1) is 17.0. The lowest BCUT2D eigenvalue weighted by atomic mass is 9.93. The summed E-state index contributed by atoms with van der Waals surface area (Å²) >= 11 is 0. The number of nitrogens with zero attached hydrogens (tertiary/aromatic N) is 5. The molecule has 3 heterocycles. The van der Waals surface area contributed by atoms with Gasteiger partial charge >= 0.3 is 0 Å². The van der Waals surface area contributed by atoms with Crippen LogP contribution < -0.4 is 10.6 Å². The Bertz CT molecular complexity index is 904. The van der Waals surface area contributed by atoms with Crippen molar-refractivity contribution in [2.24, 2.45) is 0 Å². The van der Waals surface area contributed by atoms with E-state index in [0.29, 0.717) is 18.0 Å². The van der Waals surface area contributed by atoms with Gasteiger partial charge < -0.3 is 15.7 Å². The predicted molar refractivity (Wildman–Crippen MR) is 143 cm³/mol. The van der Waals surface area contributed by atoms with E-state index in [0.717, 1.165) is 94.9 Å². The second-order valence-corrected chi connectivity index (χ2v) is 10.3. The summed E-state index contributed by atoms with van der Waals surface area (Å²) in [7, 11) is 0. The van der Waals surface area contributed by atoms with Crippen LogP contribution in [-0.2, 0) is 6.54 Å². The first-order valence-corrected chi connectivity index (χ1v) is 13.5. The van der Waals surface area contributed by atoms with Crippen molar-refractivity contribution in [1.82, 2.24) is 24.8 Å². The van der Waals surface area contributed by atoms with Gasteiger partial charge in [0, 0.05) is 63.7 Å². The fourth-order valence-electron chi connectivity index (χ4n) is 4.93. The Morgan fingerprint density at radius 1 is 1.03 bits per heavy atom. The summed E-state index contributed by atoms with van der Waals surface area (Å²) < 4.78 is 0. The third kappa shape index (κ3) is 7.35. The zero-order valence-electron chi connectivity index (χ0n) is 21.7. The van der Waals surface area contributed by atoms with Gasteiger partial charge in [-0.05, 0) is 57.6 Å². The van der Waals surface area contributed by atoms with Gasteiger partial charge in [0.15, 0.2) is 0 Å². The van der Waals surface area contributed by atoms with Crippen molar-refractivity contribution in [3.63, 3.8) is 0 Å². The number of anilines is 2. The predicted octanol–water partition coefficient (Wildman–Crippen LogP) is 3.99. The lowest BCUT2D eigenvalue weighted by Gasteiger charge is -2.36. The van der Waals surface area contributed by atoms with Gasteiger partial charge in [0.25, 0.3) is 0 Å². The lowest BCUT2D eigenvalue weighted by Crippen LogP contribution is -2.48. The van der Waals surface area contributed by atoms with Crippen LogP contribution in [0.5, 0.6) is 0 Å². The number of aromatic nitrogens is 3. The highest BCUT2D eigenvalue weighted by Gasteiger charge is 2.22. The molecule has 2 aromatic rings. The number of hydrogen-bond acceptors (Lipinski definition) is 8. The van der Waals surface area contributed by atoms with Gasteiger partial charge in [-0.1, -0.05) is 19.4 Å². The maximum Gasteiger partial charge on any atom is 0.224 e. The summed E-state index contributed by atoms with van der Waals surface area (Å²) in [5.74, 6) is 1.48. The number of aliphatic hydroxyl groups excluding tert-OH is 1. The molecule has 1 aliphatic heterocycles. The van der Waals surface area contributed by atoms with E-state index in [4.69, 9.17) is 9.97 Å². The van der Waals surface area contributed by atoms with E-state index in [9.17, 15) is 5.11 Å². The Morgan fingerprint density at radius 3 is 2.46 bits per heavy atom. The van der Waals surface area contributed by atoms with Crippen LogP contribution in [-0.4, -0.2) is 80.8 Å². The fraction of sp³-hybridized carbons (Fsp3) is 0.667. The van der Waals surface area contributed by atoms with Crippen LogP contribution in [0.3, 0.4) is 0 Å². The van der Waals surface area contributed by atoms with Gasteiger partial charge in [0.1, 0.15) is 5.82 Å². The molecule has 0 atom stereocenters. The smallest absolute Gasteiger partial charge is 0.224 e. The molecule has 0 bridgehead atoms. The second kappa shape index (κ2) is 12.6. The Balaban J connectivity index is 1.45. The first kappa shape index (κ1) is 25.8. The molecule has 1 saturated carbocycles. The highest BCUT2D eigenvalue weighted by Crippen LogP contribution is 2.29. The molecular formula is C27H43N7O. The van der Waals surface area contributed by atoms with Gasteiger partial charge in [-0.2, -0.15) is 4.98 Å². The topological polar surface area (TPSA) is 89.4 Å². The molecular weight excluding hydrogens is 438 g/mol. The zero-order chi connectivity index (χ0) is 24.6. The van der Waals surface area contributed by atoms with Crippen LogP contribution in [0.1, 0.15) is 64.9 Å². The van der Waals surface area contributed by atoms with E-state index in [1.807, 2.05) is 12.4 Å². The maximum atomic E-state index is 9.89. The number of hydrogen-bond donors (Lipinski definition) is 3. The summed E-state index contributed by atoms with van der Waals surface area (Å²) in [6.45, 7) is 13.0. The average Bonchev–Trinajstić information content (AvgIpc) is 2.87. The Labute approximate surface area is 210 Å². The van der Waals surface area contributed by atoms with Gasteiger partial charge in [0.05, 0.1) is 17.4 Å². The molecule has 8 heteroatoms. The number of nitrogens with one attached hydrogen (secondary N) is 2. The zero-order valence-corrected chi connectivity index (χ0v) is 21.7. The minimum atomic E-state index is -0.174. The van der Waals surface area contributed by atoms with Crippen LogP contribution in [0.15, 0.2) is 24.5 Å². The molecule has 0 aromatic carbocycles. The molecule has 3 N–H and O–H groups in total. The van der Waals surface area contributed by atoms with Crippen molar-refractivity contribution in [1.29, 1.82) is 0 Å². The number of aliphatic hydroxyl groups is 1. The molecule has 1 aliphatic carbocycles. The van der Waals surface area contributed by atoms with Gasteiger partial charge in [-0.15, -0.1) is 0 Å². The molecule has 2 aromatic heterocycles. The molecule has 0 spiro atoms. The quantitative estimate of drug-likeness (QED) is 0.439. The SMILES string of the molecule is CCCCNc1ncc(-c2ccc(CN3CCN(C(C)C)CC3)cn2)c(N[C@H]2CC[C@H](O)CC2)n1. The first-order valence-electron chi connectivity index (χ1n) is 13.5. The standard InChI is InChI=1S/C27H43N7O/c1-4-5-12-28-27-30-18-24(26(32-27)31-22-7-9-23(35)10-8-22)25-11-6-21(17-29-25)19-33-13-15-34(16-14-33)20(2)3/h6,11,17-18,20,22-23,35H,4-5,7-10,12-16,19H2,1-3H3,(H2,28,30,31,32)/t22-,23-. The summed E-state index contributed by atoms with van der Waals surface area (Å²) in [5.41, 5.74) is 3.05. The van der Waals surface area contributed by atoms with Crippen molar-refractivity contribution in [2.45, 2.75) is 84.0 Å². The number of pyridine rings is 1. The van der Waals surface area contributed by atoms with E-state index in [1.165, 1.54) is 5.56 Å². The monoisotopic (exact) mass is 481 g/mol. The summed E-state index contributed by atoms with van der Waals surface area (Å²) in [6, 6.07) is 5.21. The van der Waals surface area contributed by atoms with Crippen LogP contribution >= 0.6 is 0 Å². The molecule has 0 radical (unpaired) electrons. The van der Waals surface area contributed by atoms with Crippen molar-refractivity contribution < 1.29 is 5.11 Å². The lowest BCUT2D eigenvalue weighted by molar-refractivity contribution is 0.104. The van der Waals surface area contributed by atoms with Crippen LogP contribution in [0, 0.1) is 0 Å². The third-order valence-electron chi connectivity index (χ3n) is 7.28. The van der Waals surface area contributed by atoms with Crippen LogP contribution in [0.2, 0.25) is 0 Å². The van der Waals surface area contributed by atoms with Gasteiger partial charge in [0.2, 0.25) is 5.95 Å². The minimum Gasteiger partial charge on any atom is -0.393 e. The van der Waals surface area contributed by atoms with Crippen molar-refractivity contribution in [3.8, 4) is 11.3 Å². The van der Waals surface area contributed by atoms with Gasteiger partial charge in [-0.3, -0.25) is 14.8 Å². The number of unbranched alkanes of at least 4 members (excludes halogenated alkanes) is 1. The van der Waals surface area contributed by atoms with E-state index in [1.54, 1.807) is 0 Å². The second-order valence-electron chi connectivity index (χ2n) is 10.3. The number of piperazine rings is 1. The van der Waals surface area contributed by atoms with E-state index in [-0.39, 0.29) is 6.10 Å². The largest absolute Gasteiger partial charge is 0.393 e.